The van der Waals surface area contributed by atoms with E-state index in [0.717, 1.165) is 5.57 Å². The number of aliphatic hydroxyl groups excluding tert-OH is 21. The third-order valence-corrected chi connectivity index (χ3v) is 26.7. The van der Waals surface area contributed by atoms with E-state index in [-0.39, 0.29) is 32.1 Å². The number of rotatable bonds is 18. The number of carboxylic acid groups (broad SMARTS) is 1. The molecule has 11 fully saturated rings. The molecule has 0 radical (unpaired) electrons. The maximum Gasteiger partial charge on any atom is 0.317 e. The van der Waals surface area contributed by atoms with Gasteiger partial charge in [-0.1, -0.05) is 46.3 Å². The molecule has 43 unspecified atom stereocenters. The molecule has 0 spiro atoms. The van der Waals surface area contributed by atoms with E-state index in [9.17, 15) is 117 Å². The average molecular weight is 1550 g/mol. The highest BCUT2D eigenvalue weighted by Gasteiger charge is 2.75. The molecule has 7 saturated heterocycles. The van der Waals surface area contributed by atoms with Gasteiger partial charge in [-0.3, -0.25) is 9.59 Å². The zero-order valence-electron chi connectivity index (χ0n) is 60.3. The van der Waals surface area contributed by atoms with Crippen LogP contribution >= 0.6 is 0 Å². The van der Waals surface area contributed by atoms with Crippen LogP contribution in [0.2, 0.25) is 0 Å². The van der Waals surface area contributed by atoms with Gasteiger partial charge in [0.1, 0.15) is 152 Å². The summed E-state index contributed by atoms with van der Waals surface area (Å²) in [4.78, 5) is 30.2. The van der Waals surface area contributed by atoms with Crippen LogP contribution in [-0.4, -0.2) is 379 Å². The van der Waals surface area contributed by atoms with Gasteiger partial charge in [-0.15, -0.1) is 0 Å². The number of carbonyl (C=O) groups excluding carboxylic acids is 1. The van der Waals surface area contributed by atoms with Crippen LogP contribution in [0, 0.1) is 50.2 Å². The number of hydrogen-bond acceptors (Lipinski definition) is 37. The van der Waals surface area contributed by atoms with Gasteiger partial charge < -0.3 is 179 Å². The fraction of sp³-hybridized carbons (Fsp3) is 0.942. The van der Waals surface area contributed by atoms with Crippen molar-refractivity contribution >= 4 is 11.9 Å². The van der Waals surface area contributed by atoms with Crippen LogP contribution in [0.25, 0.3) is 0 Å². The summed E-state index contributed by atoms with van der Waals surface area (Å²) in [6.45, 7) is 8.30. The second-order valence-electron chi connectivity index (χ2n) is 33.4. The van der Waals surface area contributed by atoms with Crippen molar-refractivity contribution in [1.29, 1.82) is 0 Å². The summed E-state index contributed by atoms with van der Waals surface area (Å²) in [5.74, 6) is -4.51. The normalized spacial score (nSPS) is 55.0. The fourth-order valence-corrected chi connectivity index (χ4v) is 20.2. The second-order valence-corrected chi connectivity index (χ2v) is 33.4. The molecule has 22 N–H and O–H groups in total. The Labute approximate surface area is 614 Å². The Balaban J connectivity index is 0.804. The summed E-state index contributed by atoms with van der Waals surface area (Å²) in [5, 5.41) is 245. The van der Waals surface area contributed by atoms with E-state index in [2.05, 4.69) is 6.92 Å². The smallest absolute Gasteiger partial charge is 0.317 e. The molecule has 38 nitrogen and oxygen atoms in total. The van der Waals surface area contributed by atoms with Gasteiger partial charge in [0.05, 0.1) is 63.4 Å². The van der Waals surface area contributed by atoms with Gasteiger partial charge in [-0.25, -0.2) is 0 Å². The Bertz CT molecular complexity index is 3100. The second kappa shape index (κ2) is 31.5. The number of fused-ring (bicyclic) bond motifs is 7. The molecular weight excluding hydrogens is 1440 g/mol. The molecule has 5 aliphatic carbocycles. The highest BCUT2D eigenvalue weighted by atomic mass is 16.8. The van der Waals surface area contributed by atoms with Crippen LogP contribution in [0.3, 0.4) is 0 Å². The zero-order valence-corrected chi connectivity index (χ0v) is 60.3. The van der Waals surface area contributed by atoms with E-state index in [4.69, 9.17) is 66.3 Å². The Morgan fingerprint density at radius 1 is 0.449 bits per heavy atom. The summed E-state index contributed by atoms with van der Waals surface area (Å²) in [7, 11) is 0. The van der Waals surface area contributed by atoms with Crippen LogP contribution in [0.1, 0.15) is 99.8 Å². The highest BCUT2D eigenvalue weighted by molar-refractivity contribution is 5.80. The van der Waals surface area contributed by atoms with Crippen molar-refractivity contribution in [2.75, 3.05) is 39.6 Å². The first-order valence-corrected chi connectivity index (χ1v) is 36.8. The molecule has 12 rings (SSSR count). The molecule has 12 aliphatic rings. The molecular formula is C69H110O38. The number of carboxylic acids is 1. The van der Waals surface area contributed by atoms with E-state index in [1.807, 2.05) is 33.8 Å². The number of allylic oxidation sites excluding steroid dienone is 2. The number of esters is 1. The van der Waals surface area contributed by atoms with Gasteiger partial charge in [0.15, 0.2) is 43.8 Å². The molecule has 7 heterocycles. The number of hydrogen-bond donors (Lipinski definition) is 22. The lowest BCUT2D eigenvalue weighted by atomic mass is 9.33. The van der Waals surface area contributed by atoms with Gasteiger partial charge in [0.25, 0.3) is 0 Å². The Morgan fingerprint density at radius 3 is 1.45 bits per heavy atom. The molecule has 0 amide bonds. The molecule has 4 saturated carbocycles. The third kappa shape index (κ3) is 14.3. The van der Waals surface area contributed by atoms with Crippen molar-refractivity contribution in [1.82, 2.24) is 0 Å². The zero-order chi connectivity index (χ0) is 78.2. The van der Waals surface area contributed by atoms with Crippen LogP contribution in [0.15, 0.2) is 11.6 Å². The average Bonchev–Trinajstić information content (AvgIpc) is 0.667. The van der Waals surface area contributed by atoms with Crippen molar-refractivity contribution in [3.8, 4) is 0 Å². The molecule has 0 aromatic rings. The summed E-state index contributed by atoms with van der Waals surface area (Å²) < 4.78 is 83.8. The van der Waals surface area contributed by atoms with Crippen LogP contribution in [-0.2, 0) is 75.9 Å². The molecule has 0 aromatic carbocycles. The van der Waals surface area contributed by atoms with Gasteiger partial charge in [0.2, 0.25) is 6.29 Å². The first-order chi connectivity index (χ1) is 50.2. The quantitative estimate of drug-likeness (QED) is 0.0344. The lowest BCUT2D eigenvalue weighted by Gasteiger charge is -2.71. The largest absolute Gasteiger partial charge is 0.481 e. The van der Waals surface area contributed by atoms with Gasteiger partial charge >= 0.3 is 11.9 Å². The van der Waals surface area contributed by atoms with E-state index in [0.29, 0.717) is 19.3 Å². The minimum Gasteiger partial charge on any atom is -0.481 e. The maximum absolute atomic E-state index is 15.8. The van der Waals surface area contributed by atoms with Gasteiger partial charge in [-0.2, -0.15) is 0 Å². The maximum atomic E-state index is 15.8. The van der Waals surface area contributed by atoms with Crippen molar-refractivity contribution in [2.24, 2.45) is 50.2 Å². The van der Waals surface area contributed by atoms with Crippen LogP contribution in [0.5, 0.6) is 0 Å². The number of ether oxygens (including phenoxy) is 14. The fourth-order valence-electron chi connectivity index (χ4n) is 20.2. The van der Waals surface area contributed by atoms with E-state index >= 15 is 4.79 Å². The Kier molecular flexibility index (Phi) is 24.6. The Morgan fingerprint density at radius 2 is 0.907 bits per heavy atom. The van der Waals surface area contributed by atoms with Gasteiger partial charge in [-0.05, 0) is 105 Å². The molecule has 43 atom stereocenters. The molecule has 0 aromatic heterocycles. The van der Waals surface area contributed by atoms with Gasteiger partial charge in [0, 0.05) is 0 Å². The minimum absolute atomic E-state index is 0.0624. The predicted molar refractivity (Wildman–Crippen MR) is 346 cm³/mol. The number of aliphatic hydroxyl groups is 21. The molecule has 7 aliphatic heterocycles. The standard InChI is InChI=1S/C69H110O38/c1-23-49(101-55-45(87)36(78)27(74)20-94-55)50(102-56-46(88)37(79)28(75)21-95-56)48(90)58(97-23)103-51-38(80)29(76)22-96-59(51)107-63(93)69-13-12-64(2,3)14-25(69)24-8-9-33-65(4)15-26(73)54(68(7,62(91)92)34(65)10-11-66(33,5)67(24,6)16-35(69)77)106-61-53(44(86)41(83)32(19-72)100-61)105-60-52(43(85)40(82)31(18-71)99-60)104-57-47(89)42(84)39(81)30(17-70)98-57/h8,23,25-61,70-90H,9-22H2,1-7H3,(H,91,92). The Hall–Kier alpha value is -2.68. The summed E-state index contributed by atoms with van der Waals surface area (Å²) >= 11 is 0. The predicted octanol–water partition coefficient (Wildman–Crippen LogP) is -8.61. The monoisotopic (exact) mass is 1550 g/mol. The summed E-state index contributed by atoms with van der Waals surface area (Å²) in [5.41, 5.74) is -6.40. The van der Waals surface area contributed by atoms with Crippen molar-refractivity contribution < 1.29 is 188 Å². The number of aliphatic carboxylic acids is 1. The lowest BCUT2D eigenvalue weighted by molar-refractivity contribution is -0.400. The van der Waals surface area contributed by atoms with E-state index < -0.39 is 317 Å². The molecule has 38 heteroatoms. The minimum atomic E-state index is -2.14. The highest BCUT2D eigenvalue weighted by Crippen LogP contribution is 2.76. The van der Waals surface area contributed by atoms with Crippen molar-refractivity contribution in [3.05, 3.63) is 11.6 Å². The third-order valence-electron chi connectivity index (χ3n) is 26.7. The van der Waals surface area contributed by atoms with E-state index in [1.54, 1.807) is 0 Å². The summed E-state index contributed by atoms with van der Waals surface area (Å²) in [6.07, 6.45) is -60.8. The van der Waals surface area contributed by atoms with E-state index in [1.165, 1.54) is 13.8 Å². The lowest BCUT2D eigenvalue weighted by Crippen LogP contribution is -2.71. The summed E-state index contributed by atoms with van der Waals surface area (Å²) in [6, 6.07) is 0. The molecule has 0 bridgehead atoms. The molecule has 107 heavy (non-hydrogen) atoms. The van der Waals surface area contributed by atoms with Crippen molar-refractivity contribution in [2.45, 2.75) is 315 Å². The van der Waals surface area contributed by atoms with Crippen LogP contribution in [0.4, 0.5) is 0 Å². The first kappa shape index (κ1) is 83.7. The topological polar surface area (TPSA) is 608 Å². The molecule has 614 valence electrons. The first-order valence-electron chi connectivity index (χ1n) is 36.8. The van der Waals surface area contributed by atoms with Crippen LogP contribution < -0.4 is 0 Å². The number of carbonyl (C=O) groups is 2. The van der Waals surface area contributed by atoms with Crippen molar-refractivity contribution in [3.63, 3.8) is 0 Å². The SMILES string of the molecule is CC1OC(OC2C(OC(=O)C34CCC(C)(C)CC3C3=CCC5C6(C)CC(O)C(OC7OC(CO)C(O)C(O)C7OC7OC(CO)C(O)C(O)C7OC7OC(CO)C(O)C(O)C7O)C(C)(C(=O)O)C6CCC5(C)C3(C)CC4O)OCC(O)C2O)C(O)C(OC2OCC(O)C(O)C2O)C1OC1OCC(O)C(O)C1O.